The number of nitrogens with zero attached hydrogens (tertiary/aromatic N) is 1. The summed E-state index contributed by atoms with van der Waals surface area (Å²) in [5.41, 5.74) is 7.93. The fourth-order valence-corrected chi connectivity index (χ4v) is 2.63. The van der Waals surface area contributed by atoms with Crippen LogP contribution in [0.2, 0.25) is 0 Å². The lowest BCUT2D eigenvalue weighted by Crippen LogP contribution is -2.39. The number of benzene rings is 1. The Morgan fingerprint density at radius 1 is 1.32 bits per heavy atom. The lowest BCUT2D eigenvalue weighted by molar-refractivity contribution is 0.0635. The molecule has 0 spiro atoms. The molecule has 0 aliphatic carbocycles. The van der Waals surface area contributed by atoms with Gasteiger partial charge in [0, 0.05) is 23.1 Å². The van der Waals surface area contributed by atoms with Gasteiger partial charge in [0.1, 0.15) is 17.2 Å². The van der Waals surface area contributed by atoms with Crippen LogP contribution in [0.5, 0.6) is 0 Å². The number of rotatable bonds is 2. The minimum absolute atomic E-state index is 0.427. The number of para-hydroxylation sites is 1. The molecule has 0 radical (unpaired) electrons. The number of hydrogen-bond donors (Lipinski definition) is 4. The van der Waals surface area contributed by atoms with Gasteiger partial charge in [-0.05, 0) is 32.9 Å². The van der Waals surface area contributed by atoms with Crippen LogP contribution in [0.25, 0.3) is 16.5 Å². The topological polar surface area (TPSA) is 101 Å². The van der Waals surface area contributed by atoms with Gasteiger partial charge in [-0.15, -0.1) is 0 Å². The molecule has 0 bridgehead atoms. The third-order valence-electron chi connectivity index (χ3n) is 3.70. The van der Waals surface area contributed by atoms with Gasteiger partial charge in [-0.2, -0.15) is 0 Å². The Morgan fingerprint density at radius 2 is 2.08 bits per heavy atom. The molecular formula is C18H23N5O2. The summed E-state index contributed by atoms with van der Waals surface area (Å²) in [4.78, 5) is 16.8. The summed E-state index contributed by atoms with van der Waals surface area (Å²) in [6, 6.07) is 9.71. The Balaban J connectivity index is 2.05. The number of nitrogens with two attached hydrogens (primary N) is 1. The number of carbonyl (C=O) groups is 1. The fraction of sp³-hybridized carbons (Fsp3) is 0.333. The molecule has 7 nitrogen and oxygen atoms in total. The van der Waals surface area contributed by atoms with Crippen LogP contribution in [-0.4, -0.2) is 29.9 Å². The van der Waals surface area contributed by atoms with Crippen molar-refractivity contribution in [2.75, 3.05) is 18.5 Å². The predicted octanol–water partition coefficient (Wildman–Crippen LogP) is 2.36. The van der Waals surface area contributed by atoms with E-state index in [0.29, 0.717) is 24.9 Å². The second-order valence-corrected chi connectivity index (χ2v) is 6.88. The van der Waals surface area contributed by atoms with Gasteiger partial charge in [0.2, 0.25) is 0 Å². The molecule has 3 rings (SSSR count). The van der Waals surface area contributed by atoms with Gasteiger partial charge in [-0.25, -0.2) is 9.78 Å². The number of anilines is 1. The Hall–Kier alpha value is -2.80. The van der Waals surface area contributed by atoms with E-state index in [1.165, 1.54) is 0 Å². The predicted molar refractivity (Wildman–Crippen MR) is 98.7 cm³/mol. The number of amides is 1. The van der Waals surface area contributed by atoms with Crippen LogP contribution in [0.4, 0.5) is 10.6 Å². The zero-order valence-electron chi connectivity index (χ0n) is 14.6. The van der Waals surface area contributed by atoms with Gasteiger partial charge in [-0.3, -0.25) is 10.6 Å². The molecule has 5 N–H and O–H groups in total. The number of pyridine rings is 1. The first kappa shape index (κ1) is 17.0. The average molecular weight is 341 g/mol. The molecule has 0 atom stereocenters. The van der Waals surface area contributed by atoms with Crippen LogP contribution < -0.4 is 21.7 Å². The summed E-state index contributed by atoms with van der Waals surface area (Å²) in [7, 11) is 0. The van der Waals surface area contributed by atoms with Crippen LogP contribution >= 0.6 is 0 Å². The van der Waals surface area contributed by atoms with Crippen molar-refractivity contribution in [1.82, 2.24) is 15.6 Å². The van der Waals surface area contributed by atoms with Crippen LogP contribution in [-0.2, 0) is 4.74 Å². The van der Waals surface area contributed by atoms with Gasteiger partial charge >= 0.3 is 6.09 Å². The van der Waals surface area contributed by atoms with Gasteiger partial charge in [0.05, 0.1) is 12.2 Å². The number of ether oxygens (including phenoxy) is 1. The van der Waals surface area contributed by atoms with Crippen molar-refractivity contribution in [3.05, 3.63) is 41.7 Å². The highest BCUT2D eigenvalue weighted by Crippen LogP contribution is 2.28. The molecule has 7 heteroatoms. The number of carbonyl (C=O) groups excluding carboxylic acids is 1. The van der Waals surface area contributed by atoms with E-state index >= 15 is 0 Å². The first-order valence-electron chi connectivity index (χ1n) is 8.17. The summed E-state index contributed by atoms with van der Waals surface area (Å²) in [6.07, 6.45) is -0.549. The maximum Gasteiger partial charge on any atom is 0.413 e. The van der Waals surface area contributed by atoms with Crippen molar-refractivity contribution in [3.63, 3.8) is 0 Å². The zero-order valence-corrected chi connectivity index (χ0v) is 14.6. The minimum Gasteiger partial charge on any atom is -0.444 e. The van der Waals surface area contributed by atoms with Crippen molar-refractivity contribution in [2.24, 2.45) is 5.73 Å². The second-order valence-electron chi connectivity index (χ2n) is 6.88. The van der Waals surface area contributed by atoms with Crippen LogP contribution in [0.15, 0.2) is 36.2 Å². The number of nitrogens with one attached hydrogen (secondary N) is 3. The van der Waals surface area contributed by atoms with Crippen molar-refractivity contribution in [3.8, 4) is 0 Å². The lowest BCUT2D eigenvalue weighted by atomic mass is 10.0. The lowest BCUT2D eigenvalue weighted by Gasteiger charge is -2.23. The summed E-state index contributed by atoms with van der Waals surface area (Å²) < 4.78 is 5.35. The Morgan fingerprint density at radius 3 is 2.80 bits per heavy atom. The van der Waals surface area contributed by atoms with E-state index in [9.17, 15) is 4.79 Å². The monoisotopic (exact) mass is 341 g/mol. The van der Waals surface area contributed by atoms with Gasteiger partial charge in [0.15, 0.2) is 0 Å². The number of fused-ring (bicyclic) bond motifs is 1. The maximum atomic E-state index is 12.2. The third-order valence-corrected chi connectivity index (χ3v) is 3.70. The highest BCUT2D eigenvalue weighted by molar-refractivity contribution is 5.94. The largest absolute Gasteiger partial charge is 0.444 e. The summed E-state index contributed by atoms with van der Waals surface area (Å²) in [5.74, 6) is 1.000. The average Bonchev–Trinajstić information content (AvgIpc) is 2.53. The third kappa shape index (κ3) is 4.00. The Labute approximate surface area is 146 Å². The molecule has 1 aliphatic heterocycles. The molecule has 1 aliphatic rings. The van der Waals surface area contributed by atoms with Crippen molar-refractivity contribution >= 4 is 28.4 Å². The SMILES string of the molecule is CC(C)(C)OC(=O)Nc1nc2ccccc2cc1C1=C(N)NCNC1. The van der Waals surface area contributed by atoms with Gasteiger partial charge < -0.3 is 15.8 Å². The van der Waals surface area contributed by atoms with E-state index in [-0.39, 0.29) is 0 Å². The van der Waals surface area contributed by atoms with E-state index in [1.807, 2.05) is 51.1 Å². The number of hydrogen-bond acceptors (Lipinski definition) is 6. The maximum absolute atomic E-state index is 12.2. The molecule has 0 unspecified atom stereocenters. The highest BCUT2D eigenvalue weighted by atomic mass is 16.6. The van der Waals surface area contributed by atoms with E-state index in [4.69, 9.17) is 10.5 Å². The van der Waals surface area contributed by atoms with Crippen LogP contribution in [0, 0.1) is 0 Å². The molecule has 132 valence electrons. The molecule has 0 saturated heterocycles. The first-order chi connectivity index (χ1) is 11.8. The first-order valence-corrected chi connectivity index (χ1v) is 8.17. The van der Waals surface area contributed by atoms with E-state index in [1.54, 1.807) is 0 Å². The van der Waals surface area contributed by atoms with E-state index in [0.717, 1.165) is 22.0 Å². The van der Waals surface area contributed by atoms with Crippen LogP contribution in [0.3, 0.4) is 0 Å². The smallest absolute Gasteiger partial charge is 0.413 e. The fourth-order valence-electron chi connectivity index (χ4n) is 2.63. The molecule has 0 fully saturated rings. The Kier molecular flexibility index (Phi) is 4.50. The molecule has 25 heavy (non-hydrogen) atoms. The van der Waals surface area contributed by atoms with Crippen molar-refractivity contribution in [2.45, 2.75) is 26.4 Å². The van der Waals surface area contributed by atoms with E-state index in [2.05, 4.69) is 20.9 Å². The standard InChI is InChI=1S/C18H23N5O2/c1-18(2,3)25-17(24)23-16-12(13-9-20-10-21-15(13)19)8-11-6-4-5-7-14(11)22-16/h4-8,20-21H,9-10,19H2,1-3H3,(H,22,23,24). The molecule has 1 amide bonds. The van der Waals surface area contributed by atoms with E-state index < -0.39 is 11.7 Å². The molecule has 1 aromatic carbocycles. The van der Waals surface area contributed by atoms with Crippen molar-refractivity contribution in [1.29, 1.82) is 0 Å². The molecular weight excluding hydrogens is 318 g/mol. The zero-order chi connectivity index (χ0) is 18.0. The Bertz CT molecular complexity index is 839. The van der Waals surface area contributed by atoms with Crippen molar-refractivity contribution < 1.29 is 9.53 Å². The van der Waals surface area contributed by atoms with Gasteiger partial charge in [0.25, 0.3) is 0 Å². The number of aromatic nitrogens is 1. The van der Waals surface area contributed by atoms with Gasteiger partial charge in [-0.1, -0.05) is 18.2 Å². The molecule has 2 heterocycles. The summed E-state index contributed by atoms with van der Waals surface area (Å²) in [5, 5.41) is 10.0. The minimum atomic E-state index is -0.590. The summed E-state index contributed by atoms with van der Waals surface area (Å²) in [6.45, 7) is 6.64. The summed E-state index contributed by atoms with van der Waals surface area (Å²) >= 11 is 0. The molecule has 1 aromatic heterocycles. The molecule has 0 saturated carbocycles. The quantitative estimate of drug-likeness (QED) is 0.669. The second kappa shape index (κ2) is 6.60. The van der Waals surface area contributed by atoms with Crippen LogP contribution in [0.1, 0.15) is 26.3 Å². The normalized spacial score (nSPS) is 15.0. The highest BCUT2D eigenvalue weighted by Gasteiger charge is 2.21. The molecule has 2 aromatic rings.